The molecule has 0 aliphatic heterocycles. The number of hydrogen-bond acceptors (Lipinski definition) is 2. The molecule has 1 N–H and O–H groups in total. The van der Waals surface area contributed by atoms with Crippen LogP contribution in [0.2, 0.25) is 0 Å². The molecule has 3 nitrogen and oxygen atoms in total. The van der Waals surface area contributed by atoms with Gasteiger partial charge in [0.1, 0.15) is 10.1 Å². The van der Waals surface area contributed by atoms with Crippen LogP contribution in [0.15, 0.2) is 24.3 Å². The zero-order chi connectivity index (χ0) is 12.7. The molecule has 1 unspecified atom stereocenters. The highest BCUT2D eigenvalue weighted by molar-refractivity contribution is 6.53. The predicted octanol–water partition coefficient (Wildman–Crippen LogP) is 3.22. The van der Waals surface area contributed by atoms with Gasteiger partial charge in [0.15, 0.2) is 0 Å². The molecule has 92 valence electrons. The van der Waals surface area contributed by atoms with Gasteiger partial charge in [0.05, 0.1) is 18.2 Å². The Labute approximate surface area is 110 Å². The van der Waals surface area contributed by atoms with E-state index >= 15 is 0 Å². The molecule has 0 bridgehead atoms. The molecule has 17 heavy (non-hydrogen) atoms. The van der Waals surface area contributed by atoms with E-state index in [1.165, 1.54) is 0 Å². The Morgan fingerprint density at radius 2 is 2.00 bits per heavy atom. The predicted molar refractivity (Wildman–Crippen MR) is 68.8 cm³/mol. The van der Waals surface area contributed by atoms with Crippen molar-refractivity contribution in [3.63, 3.8) is 0 Å². The van der Waals surface area contributed by atoms with E-state index in [1.807, 2.05) is 12.1 Å². The summed E-state index contributed by atoms with van der Waals surface area (Å²) in [6.07, 6.45) is 0.462. The van der Waals surface area contributed by atoms with Crippen LogP contribution in [0.3, 0.4) is 0 Å². The minimum absolute atomic E-state index is 0.188. The number of anilines is 1. The molecule has 1 saturated carbocycles. The average molecular weight is 274 g/mol. The number of hydrogen-bond donors (Lipinski definition) is 1. The number of carbonyl (C=O) groups is 1. The van der Waals surface area contributed by atoms with Gasteiger partial charge >= 0.3 is 0 Å². The zero-order valence-corrected chi connectivity index (χ0v) is 11.1. The topological polar surface area (TPSA) is 38.3 Å². The standard InChI is InChI=1S/C12H13Cl2NO2/c1-11(7-12(11,13)14)10(16)15-8-5-3-4-6-9(8)17-2/h3-6H,7H2,1-2H3,(H,15,16). The zero-order valence-electron chi connectivity index (χ0n) is 9.59. The summed E-state index contributed by atoms with van der Waals surface area (Å²) in [7, 11) is 1.55. The second-order valence-electron chi connectivity index (χ2n) is 4.37. The van der Waals surface area contributed by atoms with Gasteiger partial charge in [-0.25, -0.2) is 0 Å². The molecule has 1 atom stereocenters. The van der Waals surface area contributed by atoms with E-state index < -0.39 is 9.75 Å². The van der Waals surface area contributed by atoms with Crippen molar-refractivity contribution in [1.29, 1.82) is 0 Å². The SMILES string of the molecule is COc1ccccc1NC(=O)C1(C)CC1(Cl)Cl. The van der Waals surface area contributed by atoms with Crippen molar-refractivity contribution >= 4 is 34.8 Å². The summed E-state index contributed by atoms with van der Waals surface area (Å²) in [5, 5.41) is 2.79. The molecule has 5 heteroatoms. The number of halogens is 2. The number of rotatable bonds is 3. The van der Waals surface area contributed by atoms with Crippen molar-refractivity contribution in [2.75, 3.05) is 12.4 Å². The number of benzene rings is 1. The van der Waals surface area contributed by atoms with Crippen LogP contribution in [0.1, 0.15) is 13.3 Å². The van der Waals surface area contributed by atoms with Gasteiger partial charge in [-0.1, -0.05) is 12.1 Å². The molecular weight excluding hydrogens is 261 g/mol. The van der Waals surface area contributed by atoms with Crippen molar-refractivity contribution in [3.05, 3.63) is 24.3 Å². The molecule has 1 aromatic carbocycles. The van der Waals surface area contributed by atoms with Crippen LogP contribution in [0.5, 0.6) is 5.75 Å². The summed E-state index contributed by atoms with van der Waals surface area (Å²) in [6.45, 7) is 1.75. The van der Waals surface area contributed by atoms with Crippen molar-refractivity contribution in [2.24, 2.45) is 5.41 Å². The van der Waals surface area contributed by atoms with Gasteiger partial charge in [0, 0.05) is 0 Å². The molecule has 0 spiro atoms. The van der Waals surface area contributed by atoms with E-state index in [0.29, 0.717) is 17.9 Å². The molecule has 0 aromatic heterocycles. The second kappa shape index (κ2) is 4.07. The number of nitrogens with one attached hydrogen (secondary N) is 1. The van der Waals surface area contributed by atoms with E-state index in [2.05, 4.69) is 5.32 Å². The lowest BCUT2D eigenvalue weighted by atomic mass is 10.1. The smallest absolute Gasteiger partial charge is 0.233 e. The van der Waals surface area contributed by atoms with Crippen LogP contribution in [0, 0.1) is 5.41 Å². The lowest BCUT2D eigenvalue weighted by Crippen LogP contribution is -2.26. The van der Waals surface area contributed by atoms with Crippen LogP contribution in [-0.2, 0) is 4.79 Å². The molecular formula is C12H13Cl2NO2. The average Bonchev–Trinajstić information content (AvgIpc) is 2.80. The van der Waals surface area contributed by atoms with Gasteiger partial charge < -0.3 is 10.1 Å². The van der Waals surface area contributed by atoms with Gasteiger partial charge in [-0.05, 0) is 25.5 Å². The van der Waals surface area contributed by atoms with Crippen molar-refractivity contribution < 1.29 is 9.53 Å². The van der Waals surface area contributed by atoms with Crippen molar-refractivity contribution in [1.82, 2.24) is 0 Å². The number of ether oxygens (including phenoxy) is 1. The van der Waals surface area contributed by atoms with Gasteiger partial charge in [0.2, 0.25) is 5.91 Å². The number of amides is 1. The molecule has 2 rings (SSSR count). The van der Waals surface area contributed by atoms with Crippen LogP contribution in [0.4, 0.5) is 5.69 Å². The molecule has 0 radical (unpaired) electrons. The Balaban J connectivity index is 2.15. The van der Waals surface area contributed by atoms with Crippen LogP contribution in [-0.4, -0.2) is 17.4 Å². The molecule has 0 saturated heterocycles. The van der Waals surface area contributed by atoms with E-state index in [9.17, 15) is 4.79 Å². The first-order chi connectivity index (χ1) is 7.90. The summed E-state index contributed by atoms with van der Waals surface area (Å²) < 4.78 is 4.19. The lowest BCUT2D eigenvalue weighted by molar-refractivity contribution is -0.120. The van der Waals surface area contributed by atoms with Crippen LogP contribution < -0.4 is 10.1 Å². The minimum Gasteiger partial charge on any atom is -0.495 e. The fourth-order valence-electron chi connectivity index (χ4n) is 1.65. The molecule has 1 aliphatic rings. The first-order valence-corrected chi connectivity index (χ1v) is 5.98. The van der Waals surface area contributed by atoms with Crippen LogP contribution >= 0.6 is 23.2 Å². The lowest BCUT2D eigenvalue weighted by Gasteiger charge is -2.14. The summed E-state index contributed by atoms with van der Waals surface area (Å²) in [5.41, 5.74) is -0.103. The fraction of sp³-hybridized carbons (Fsp3) is 0.417. The van der Waals surface area contributed by atoms with E-state index in [4.69, 9.17) is 27.9 Å². The normalized spacial score (nSPS) is 25.2. The highest BCUT2D eigenvalue weighted by Crippen LogP contribution is 2.64. The molecule has 1 fully saturated rings. The maximum atomic E-state index is 12.0. The van der Waals surface area contributed by atoms with Gasteiger partial charge in [-0.15, -0.1) is 23.2 Å². The number of carbonyl (C=O) groups excluding carboxylic acids is 1. The highest BCUT2D eigenvalue weighted by atomic mass is 35.5. The maximum Gasteiger partial charge on any atom is 0.233 e. The Kier molecular flexibility index (Phi) is 3.00. The first-order valence-electron chi connectivity index (χ1n) is 5.23. The summed E-state index contributed by atoms with van der Waals surface area (Å²) in [4.78, 5) is 12.0. The van der Waals surface area contributed by atoms with Crippen molar-refractivity contribution in [2.45, 2.75) is 17.7 Å². The Morgan fingerprint density at radius 3 is 2.53 bits per heavy atom. The molecule has 1 aliphatic carbocycles. The van der Waals surface area contributed by atoms with Crippen LogP contribution in [0.25, 0.3) is 0 Å². The second-order valence-corrected chi connectivity index (χ2v) is 5.85. The molecule has 0 heterocycles. The Bertz CT molecular complexity index is 462. The first kappa shape index (κ1) is 12.5. The Hall–Kier alpha value is -0.930. The third kappa shape index (κ3) is 2.09. The number of methoxy groups -OCH3 is 1. The maximum absolute atomic E-state index is 12.0. The fourth-order valence-corrected chi connectivity index (χ4v) is 2.36. The van der Waals surface area contributed by atoms with Gasteiger partial charge in [0.25, 0.3) is 0 Å². The Morgan fingerprint density at radius 1 is 1.41 bits per heavy atom. The third-order valence-electron chi connectivity index (χ3n) is 3.11. The summed E-state index contributed by atoms with van der Waals surface area (Å²) in [6, 6.07) is 7.20. The summed E-state index contributed by atoms with van der Waals surface area (Å²) >= 11 is 11.9. The number of alkyl halides is 2. The van der Waals surface area contributed by atoms with Crippen molar-refractivity contribution in [3.8, 4) is 5.75 Å². The molecule has 1 aromatic rings. The summed E-state index contributed by atoms with van der Waals surface area (Å²) in [5.74, 6) is 0.423. The largest absolute Gasteiger partial charge is 0.495 e. The van der Waals surface area contributed by atoms with E-state index in [1.54, 1.807) is 26.2 Å². The quantitative estimate of drug-likeness (QED) is 0.859. The third-order valence-corrected chi connectivity index (χ3v) is 4.22. The van der Waals surface area contributed by atoms with Gasteiger partial charge in [-0.3, -0.25) is 4.79 Å². The monoisotopic (exact) mass is 273 g/mol. The minimum atomic E-state index is -0.959. The van der Waals surface area contributed by atoms with E-state index in [-0.39, 0.29) is 5.91 Å². The van der Waals surface area contributed by atoms with Gasteiger partial charge in [-0.2, -0.15) is 0 Å². The number of para-hydroxylation sites is 2. The highest BCUT2D eigenvalue weighted by Gasteiger charge is 2.67. The molecule has 1 amide bonds. The van der Waals surface area contributed by atoms with E-state index in [0.717, 1.165) is 0 Å².